The van der Waals surface area contributed by atoms with Crippen molar-refractivity contribution in [2.75, 3.05) is 9.80 Å². The zero-order chi connectivity index (χ0) is 94.9. The van der Waals surface area contributed by atoms with E-state index in [1.165, 1.54) is 72.3 Å². The molecule has 0 unspecified atom stereocenters. The van der Waals surface area contributed by atoms with Gasteiger partial charge >= 0.3 is 0 Å². The Kier molecular flexibility index (Phi) is 21.4. The Labute approximate surface area is 825 Å². The molecule has 0 saturated heterocycles. The molecule has 4 heterocycles. The van der Waals surface area contributed by atoms with Crippen molar-refractivity contribution in [2.24, 2.45) is 0 Å². The molecule has 142 heavy (non-hydrogen) atoms. The summed E-state index contributed by atoms with van der Waals surface area (Å²) in [5, 5.41) is 4.55. The maximum Gasteiger partial charge on any atom is 0.238 e. The molecule has 26 rings (SSSR count). The number of para-hydroxylation sites is 2. The summed E-state index contributed by atoms with van der Waals surface area (Å²) in [5.41, 5.74) is 38.2. The summed E-state index contributed by atoms with van der Waals surface area (Å²) in [4.78, 5) is 36.1. The van der Waals surface area contributed by atoms with Crippen LogP contribution in [0.1, 0.15) is 49.9 Å². The third-order valence-corrected chi connectivity index (χ3v) is 28.5. The van der Waals surface area contributed by atoms with Crippen LogP contribution >= 0.6 is 0 Å². The van der Waals surface area contributed by atoms with E-state index >= 15 is 0 Å². The minimum absolute atomic E-state index is 0.197. The first-order chi connectivity index (χ1) is 69.9. The lowest BCUT2D eigenvalue weighted by Gasteiger charge is -2.28. The first-order valence-electron chi connectivity index (χ1n) is 48.5. The van der Waals surface area contributed by atoms with Gasteiger partial charge in [0.25, 0.3) is 0 Å². The van der Waals surface area contributed by atoms with E-state index in [0.29, 0.717) is 35.2 Å². The summed E-state index contributed by atoms with van der Waals surface area (Å²) in [6.45, 7) is 9.35. The molecule has 10 nitrogen and oxygen atoms in total. The van der Waals surface area contributed by atoms with Gasteiger partial charge in [-0.25, -0.2) is 9.97 Å². The highest BCUT2D eigenvalue weighted by Gasteiger charge is 2.39. The Morgan fingerprint density at radius 1 is 0.169 bits per heavy atom. The molecule has 0 aliphatic heterocycles. The third kappa shape index (κ3) is 15.3. The fourth-order valence-electron chi connectivity index (χ4n) is 21.4. The summed E-state index contributed by atoms with van der Waals surface area (Å²) in [5.74, 6) is 3.66. The van der Waals surface area contributed by atoms with Gasteiger partial charge in [0.1, 0.15) is 0 Å². The molecule has 0 N–H and O–H groups in total. The molecular weight excluding hydrogens is 1730 g/mol. The molecule has 0 fully saturated rings. The first kappa shape index (κ1) is 85.3. The van der Waals surface area contributed by atoms with Gasteiger partial charge in [-0.3, -0.25) is 9.13 Å². The SMILES string of the molecule is CC1(C)c2ccccc2-c2cc3c4cc(-c5ccc(N(c6ccc(-c7ccccc7)cc6)c6ccccc6-c6ccccc6)cc5)ccc4n(-c4nc(-c5ccccc5)nc(-c5ccccc5)n4)c3cc21.CC1(C)c2ccccc2-c2cc3c4cc(-c5cccc(N(c6ccc(-c7ccccc7)cc6)c6ccccc6-c6ccccc6)c5)ccc4n(-c4nc(-c5ccccc5)nc(-c5ccccc5)n4)c3cc21. The maximum absolute atomic E-state index is 5.30. The molecule has 20 aromatic carbocycles. The molecule has 0 bridgehead atoms. The van der Waals surface area contributed by atoms with Crippen molar-refractivity contribution >= 4 is 77.7 Å². The second-order valence-corrected chi connectivity index (χ2v) is 37.7. The van der Waals surface area contributed by atoms with Crippen LogP contribution in [0.25, 0.3) is 190 Å². The Hall–Kier alpha value is -18.4. The van der Waals surface area contributed by atoms with Crippen molar-refractivity contribution in [1.29, 1.82) is 0 Å². The van der Waals surface area contributed by atoms with E-state index in [1.54, 1.807) is 0 Å². The molecule has 2 aliphatic carbocycles. The van der Waals surface area contributed by atoms with Crippen LogP contribution in [-0.4, -0.2) is 39.0 Å². The molecule has 10 heteroatoms. The Morgan fingerprint density at radius 2 is 0.430 bits per heavy atom. The van der Waals surface area contributed by atoms with Crippen LogP contribution in [0.3, 0.4) is 0 Å². The normalized spacial score (nSPS) is 12.5. The summed E-state index contributed by atoms with van der Waals surface area (Å²) in [7, 11) is 0. The highest BCUT2D eigenvalue weighted by atomic mass is 15.2. The molecule has 0 saturated carbocycles. The quantitative estimate of drug-likeness (QED) is 0.0839. The van der Waals surface area contributed by atoms with E-state index in [0.717, 1.165) is 139 Å². The van der Waals surface area contributed by atoms with E-state index in [-0.39, 0.29) is 10.8 Å². The van der Waals surface area contributed by atoms with Crippen LogP contribution in [0.15, 0.2) is 497 Å². The standard InChI is InChI=1S/2C66H47N5/c1-66(2)58-32-17-15-31-54(58)55-42-57-56-41-50(36-39-61(56)71(62(57)43-59(55)66)65-68-63(47-24-11-5-12-25-47)67-64(69-65)48-26-13-6-14-27-48)49-28-19-29-52(40-49)70(51-37-34-45(35-38-51)44-20-7-3-8-21-44)60-33-18-16-30-53(60)46-22-9-4-10-23-46;1-66(2)58-29-17-15-28-54(58)55-42-57-56-41-50(35-40-61(56)71(62(57)43-59(55)66)65-68-63(48-23-11-5-12-24-48)67-64(69-65)49-25-13-6-14-26-49)46-33-38-52(39-34-46)70(51-36-31-45(32-37-51)44-19-7-3-8-20-44)60-30-18-16-27-53(60)47-21-9-4-10-22-47/h2*3-43H,1-2H3. The van der Waals surface area contributed by atoms with Gasteiger partial charge in [-0.1, -0.05) is 416 Å². The van der Waals surface area contributed by atoms with Gasteiger partial charge in [-0.2, -0.15) is 19.9 Å². The minimum Gasteiger partial charge on any atom is -0.310 e. The molecule has 0 radical (unpaired) electrons. The zero-order valence-corrected chi connectivity index (χ0v) is 78.8. The number of hydrogen-bond donors (Lipinski definition) is 0. The van der Waals surface area contributed by atoms with E-state index < -0.39 is 0 Å². The van der Waals surface area contributed by atoms with Crippen molar-refractivity contribution in [3.8, 4) is 146 Å². The molecule has 0 amide bonds. The van der Waals surface area contributed by atoms with E-state index in [1.807, 2.05) is 72.8 Å². The first-order valence-corrected chi connectivity index (χ1v) is 48.5. The lowest BCUT2D eigenvalue weighted by molar-refractivity contribution is 0.660. The monoisotopic (exact) mass is 1820 g/mol. The van der Waals surface area contributed by atoms with Crippen LogP contribution in [0, 0.1) is 0 Å². The third-order valence-electron chi connectivity index (χ3n) is 28.5. The fraction of sp³-hybridized carbons (Fsp3) is 0.0455. The van der Waals surface area contributed by atoms with Crippen molar-refractivity contribution in [2.45, 2.75) is 38.5 Å². The number of rotatable bonds is 18. The molecule has 4 aromatic heterocycles. The van der Waals surface area contributed by atoms with Crippen molar-refractivity contribution in [3.63, 3.8) is 0 Å². The summed E-state index contributed by atoms with van der Waals surface area (Å²) in [6, 6.07) is 178. The molecule has 0 atom stereocenters. The fourth-order valence-corrected chi connectivity index (χ4v) is 21.4. The van der Waals surface area contributed by atoms with Gasteiger partial charge in [-0.05, 0) is 209 Å². The van der Waals surface area contributed by atoms with Gasteiger partial charge in [0, 0.05) is 88.5 Å². The predicted molar refractivity (Wildman–Crippen MR) is 587 cm³/mol. The minimum atomic E-state index is -0.205. The molecule has 0 spiro atoms. The highest BCUT2D eigenvalue weighted by molar-refractivity contribution is 6.15. The number of anilines is 6. The van der Waals surface area contributed by atoms with Crippen molar-refractivity contribution in [1.82, 2.24) is 39.0 Å². The predicted octanol–water partition coefficient (Wildman–Crippen LogP) is 34.2. The lowest BCUT2D eigenvalue weighted by Crippen LogP contribution is -2.15. The van der Waals surface area contributed by atoms with Crippen LogP contribution in [0.2, 0.25) is 0 Å². The average Bonchev–Trinajstić information content (AvgIpc) is 1.55. The second-order valence-electron chi connectivity index (χ2n) is 37.7. The molecule has 2 aliphatic rings. The topological polar surface area (TPSA) is 93.7 Å². The average molecular weight is 1820 g/mol. The molecule has 672 valence electrons. The van der Waals surface area contributed by atoms with Crippen LogP contribution in [0.4, 0.5) is 34.1 Å². The maximum atomic E-state index is 5.30. The number of hydrogen-bond acceptors (Lipinski definition) is 8. The van der Waals surface area contributed by atoms with Crippen LogP contribution in [0.5, 0.6) is 0 Å². The van der Waals surface area contributed by atoms with E-state index in [4.69, 9.17) is 29.9 Å². The van der Waals surface area contributed by atoms with Gasteiger partial charge in [-0.15, -0.1) is 0 Å². The van der Waals surface area contributed by atoms with E-state index in [9.17, 15) is 0 Å². The zero-order valence-electron chi connectivity index (χ0n) is 78.8. The Balaban J connectivity index is 0.000000149. The Bertz CT molecular complexity index is 8780. The molecule has 24 aromatic rings. The van der Waals surface area contributed by atoms with Crippen LogP contribution < -0.4 is 9.80 Å². The number of benzene rings is 20. The van der Waals surface area contributed by atoms with Gasteiger partial charge < -0.3 is 9.80 Å². The largest absolute Gasteiger partial charge is 0.310 e. The summed E-state index contributed by atoms with van der Waals surface area (Å²) < 4.78 is 4.51. The van der Waals surface area contributed by atoms with Gasteiger partial charge in [0.2, 0.25) is 11.9 Å². The summed E-state index contributed by atoms with van der Waals surface area (Å²) >= 11 is 0. The summed E-state index contributed by atoms with van der Waals surface area (Å²) in [6.07, 6.45) is 0. The molecular formula is C132H94N10. The smallest absolute Gasteiger partial charge is 0.238 e. The second kappa shape index (κ2) is 35.6. The van der Waals surface area contributed by atoms with E-state index in [2.05, 4.69) is 471 Å². The van der Waals surface area contributed by atoms with Crippen molar-refractivity contribution < 1.29 is 0 Å². The van der Waals surface area contributed by atoms with Crippen molar-refractivity contribution in [3.05, 3.63) is 520 Å². The highest BCUT2D eigenvalue weighted by Crippen LogP contribution is 2.55. The number of nitrogens with zero attached hydrogens (tertiary/aromatic N) is 10. The van der Waals surface area contributed by atoms with Gasteiger partial charge in [0.05, 0.1) is 33.4 Å². The van der Waals surface area contributed by atoms with Gasteiger partial charge in [0.15, 0.2) is 23.3 Å². The lowest BCUT2D eigenvalue weighted by atomic mass is 9.82. The number of fused-ring (bicyclic) bond motifs is 12. The van der Waals surface area contributed by atoms with Crippen LogP contribution in [-0.2, 0) is 10.8 Å². The Morgan fingerprint density at radius 3 is 0.789 bits per heavy atom. The number of aromatic nitrogens is 8.